The number of hydrogen-bond donors (Lipinski definition) is 4. The lowest BCUT2D eigenvalue weighted by molar-refractivity contribution is 0.0136. The Morgan fingerprint density at radius 1 is 1.03 bits per heavy atom. The van der Waals surface area contributed by atoms with Crippen LogP contribution in [0.2, 0.25) is 0 Å². The van der Waals surface area contributed by atoms with Gasteiger partial charge in [0.1, 0.15) is 12.7 Å². The van der Waals surface area contributed by atoms with Gasteiger partial charge in [0.25, 0.3) is 0 Å². The number of nitrogen functional groups attached to an aromatic ring is 1. The number of aryl methyl sites for hydroxylation is 1. The molecule has 0 aromatic heterocycles. The topological polar surface area (TPSA) is 105 Å². The molecule has 172 valence electrons. The molecule has 0 saturated carbocycles. The summed E-state index contributed by atoms with van der Waals surface area (Å²) in [5.41, 5.74) is 12.8. The monoisotopic (exact) mass is 446 g/mol. The molecular weight excluding hydrogens is 416 g/mol. The van der Waals surface area contributed by atoms with E-state index in [9.17, 15) is 15.0 Å². The third kappa shape index (κ3) is 4.87. The molecule has 3 aromatic carbocycles. The van der Waals surface area contributed by atoms with E-state index in [1.54, 1.807) is 12.1 Å². The summed E-state index contributed by atoms with van der Waals surface area (Å²) in [6.45, 7) is 2.40. The minimum atomic E-state index is -1.06. The van der Waals surface area contributed by atoms with E-state index in [0.717, 1.165) is 23.1 Å². The van der Waals surface area contributed by atoms with Crippen molar-refractivity contribution in [1.29, 1.82) is 0 Å². The Labute approximate surface area is 194 Å². The number of amides is 1. The Morgan fingerprint density at radius 2 is 1.67 bits per heavy atom. The van der Waals surface area contributed by atoms with Gasteiger partial charge in [-0.2, -0.15) is 0 Å². The number of aliphatic hydroxyl groups excluding tert-OH is 2. The molecule has 33 heavy (non-hydrogen) atoms. The van der Waals surface area contributed by atoms with Crippen LogP contribution in [0.3, 0.4) is 0 Å². The molecule has 0 saturated heterocycles. The van der Waals surface area contributed by atoms with Crippen LogP contribution in [0.15, 0.2) is 66.7 Å². The first-order valence-electron chi connectivity index (χ1n) is 11.3. The molecule has 6 heteroatoms. The fourth-order valence-corrected chi connectivity index (χ4v) is 4.47. The van der Waals surface area contributed by atoms with Crippen molar-refractivity contribution in [3.63, 3.8) is 0 Å². The van der Waals surface area contributed by atoms with E-state index in [1.165, 1.54) is 11.1 Å². The van der Waals surface area contributed by atoms with Crippen molar-refractivity contribution in [2.75, 3.05) is 18.9 Å². The predicted octanol–water partition coefficient (Wildman–Crippen LogP) is 4.15. The highest BCUT2D eigenvalue weighted by molar-refractivity contribution is 5.79. The highest BCUT2D eigenvalue weighted by Crippen LogP contribution is 2.44. The van der Waals surface area contributed by atoms with Gasteiger partial charge in [-0.1, -0.05) is 67.6 Å². The molecule has 1 aliphatic carbocycles. The Balaban J connectivity index is 1.28. The van der Waals surface area contributed by atoms with E-state index in [4.69, 9.17) is 10.5 Å². The van der Waals surface area contributed by atoms with Gasteiger partial charge in [-0.25, -0.2) is 4.79 Å². The smallest absolute Gasteiger partial charge is 0.407 e. The summed E-state index contributed by atoms with van der Waals surface area (Å²) < 4.78 is 5.50. The first kappa shape index (κ1) is 22.8. The van der Waals surface area contributed by atoms with Crippen LogP contribution in [-0.2, 0) is 11.2 Å². The summed E-state index contributed by atoms with van der Waals surface area (Å²) >= 11 is 0. The summed E-state index contributed by atoms with van der Waals surface area (Å²) in [5.74, 6) is -0.00570. The molecular formula is C27H30N2O4. The van der Waals surface area contributed by atoms with Crippen LogP contribution in [0.25, 0.3) is 11.1 Å². The number of ether oxygens (including phenoxy) is 1. The van der Waals surface area contributed by atoms with Crippen LogP contribution >= 0.6 is 0 Å². The van der Waals surface area contributed by atoms with Crippen molar-refractivity contribution in [3.05, 3.63) is 89.0 Å². The SMILES string of the molecule is CCc1cc(C(O)C(O)CCNC(=O)OCC2c3ccccc3-c3ccccc32)ccc1N. The van der Waals surface area contributed by atoms with Gasteiger partial charge in [0.15, 0.2) is 0 Å². The maximum atomic E-state index is 12.3. The molecule has 2 atom stereocenters. The molecule has 4 rings (SSSR count). The zero-order valence-electron chi connectivity index (χ0n) is 18.7. The Hall–Kier alpha value is -3.35. The Bertz CT molecular complexity index is 1090. The van der Waals surface area contributed by atoms with E-state index >= 15 is 0 Å². The fraction of sp³-hybridized carbons (Fsp3) is 0.296. The maximum absolute atomic E-state index is 12.3. The summed E-state index contributed by atoms with van der Waals surface area (Å²) in [6, 6.07) is 21.6. The number of hydrogen-bond acceptors (Lipinski definition) is 5. The minimum absolute atomic E-state index is 0.00570. The molecule has 6 nitrogen and oxygen atoms in total. The van der Waals surface area contributed by atoms with Crippen molar-refractivity contribution >= 4 is 11.8 Å². The van der Waals surface area contributed by atoms with Gasteiger partial charge in [-0.05, 0) is 52.3 Å². The zero-order chi connectivity index (χ0) is 23.4. The fourth-order valence-electron chi connectivity index (χ4n) is 4.47. The minimum Gasteiger partial charge on any atom is -0.449 e. The van der Waals surface area contributed by atoms with E-state index < -0.39 is 18.3 Å². The van der Waals surface area contributed by atoms with Gasteiger partial charge in [0, 0.05) is 18.2 Å². The molecule has 2 unspecified atom stereocenters. The number of rotatable bonds is 8. The number of nitrogens with one attached hydrogen (secondary N) is 1. The molecule has 3 aromatic rings. The second-order valence-electron chi connectivity index (χ2n) is 8.36. The molecule has 0 fully saturated rings. The lowest BCUT2D eigenvalue weighted by Gasteiger charge is -2.20. The van der Waals surface area contributed by atoms with Gasteiger partial charge in [-0.3, -0.25) is 0 Å². The van der Waals surface area contributed by atoms with Crippen molar-refractivity contribution in [2.45, 2.75) is 37.9 Å². The van der Waals surface area contributed by atoms with Gasteiger partial charge in [0.05, 0.1) is 6.10 Å². The largest absolute Gasteiger partial charge is 0.449 e. The quantitative estimate of drug-likeness (QED) is 0.389. The van der Waals surface area contributed by atoms with E-state index in [0.29, 0.717) is 11.3 Å². The molecule has 0 aliphatic heterocycles. The van der Waals surface area contributed by atoms with Crippen molar-refractivity contribution in [3.8, 4) is 11.1 Å². The number of carbonyl (C=O) groups is 1. The average molecular weight is 447 g/mol. The van der Waals surface area contributed by atoms with E-state index in [1.807, 2.05) is 37.3 Å². The number of aliphatic hydroxyl groups is 2. The van der Waals surface area contributed by atoms with E-state index in [2.05, 4.69) is 29.6 Å². The Kier molecular flexibility index (Phi) is 6.96. The van der Waals surface area contributed by atoms with Crippen molar-refractivity contribution < 1.29 is 19.7 Å². The number of nitrogens with two attached hydrogens (primary N) is 1. The Morgan fingerprint density at radius 3 is 2.30 bits per heavy atom. The van der Waals surface area contributed by atoms with Crippen LogP contribution in [0.4, 0.5) is 10.5 Å². The molecule has 1 amide bonds. The first-order chi connectivity index (χ1) is 16.0. The summed E-state index contributed by atoms with van der Waals surface area (Å²) in [7, 11) is 0. The zero-order valence-corrected chi connectivity index (χ0v) is 18.7. The van der Waals surface area contributed by atoms with Crippen LogP contribution < -0.4 is 11.1 Å². The summed E-state index contributed by atoms with van der Waals surface area (Å²) in [5, 5.41) is 23.5. The number of fused-ring (bicyclic) bond motifs is 3. The average Bonchev–Trinajstić information content (AvgIpc) is 3.16. The van der Waals surface area contributed by atoms with Crippen LogP contribution in [0.5, 0.6) is 0 Å². The van der Waals surface area contributed by atoms with Crippen LogP contribution in [-0.4, -0.2) is 35.6 Å². The van der Waals surface area contributed by atoms with E-state index in [-0.39, 0.29) is 25.5 Å². The molecule has 0 heterocycles. The highest BCUT2D eigenvalue weighted by Gasteiger charge is 2.29. The van der Waals surface area contributed by atoms with Gasteiger partial charge < -0.3 is 26.0 Å². The molecule has 5 N–H and O–H groups in total. The first-order valence-corrected chi connectivity index (χ1v) is 11.3. The lowest BCUT2D eigenvalue weighted by atomic mass is 9.98. The number of carbonyl (C=O) groups excluding carboxylic acids is 1. The van der Waals surface area contributed by atoms with Crippen LogP contribution in [0, 0.1) is 0 Å². The second kappa shape index (κ2) is 10.1. The normalized spacial score (nSPS) is 14.3. The van der Waals surface area contributed by atoms with Gasteiger partial charge in [-0.15, -0.1) is 0 Å². The summed E-state index contributed by atoms with van der Waals surface area (Å²) in [6.07, 6.45) is -1.69. The molecule has 0 spiro atoms. The molecule has 0 bridgehead atoms. The van der Waals surface area contributed by atoms with Crippen molar-refractivity contribution in [1.82, 2.24) is 5.32 Å². The second-order valence-corrected chi connectivity index (χ2v) is 8.36. The van der Waals surface area contributed by atoms with Crippen LogP contribution in [0.1, 0.15) is 47.6 Å². The predicted molar refractivity (Wildman–Crippen MR) is 129 cm³/mol. The molecule has 0 radical (unpaired) electrons. The van der Waals surface area contributed by atoms with Gasteiger partial charge in [0.2, 0.25) is 0 Å². The maximum Gasteiger partial charge on any atom is 0.407 e. The summed E-state index contributed by atoms with van der Waals surface area (Å²) in [4.78, 5) is 12.3. The standard InChI is InChI=1S/C27H30N2O4/c1-2-17-15-18(11-12-24(17)28)26(31)25(30)13-14-29-27(32)33-16-23-21-9-5-3-7-19(21)20-8-4-6-10-22(20)23/h3-12,15,23,25-26,30-31H,2,13-14,16,28H2,1H3,(H,29,32). The highest BCUT2D eigenvalue weighted by atomic mass is 16.5. The van der Waals surface area contributed by atoms with Crippen molar-refractivity contribution in [2.24, 2.45) is 0 Å². The third-order valence-corrected chi connectivity index (χ3v) is 6.31. The number of alkyl carbamates (subject to hydrolysis) is 1. The molecule has 1 aliphatic rings. The third-order valence-electron chi connectivity index (χ3n) is 6.31. The number of anilines is 1. The van der Waals surface area contributed by atoms with Gasteiger partial charge >= 0.3 is 6.09 Å². The lowest BCUT2D eigenvalue weighted by Crippen LogP contribution is -2.30. The number of benzene rings is 3.